The molecule has 0 aromatic carbocycles. The molecule has 2 saturated carbocycles. The SMILES string of the molecule is NC1(c2noc(C3CCC3)n2)CCCCCC1. The third kappa shape index (κ3) is 2.10. The predicted molar refractivity (Wildman–Crippen MR) is 64.5 cm³/mol. The molecule has 0 amide bonds. The molecule has 0 bridgehead atoms. The summed E-state index contributed by atoms with van der Waals surface area (Å²) >= 11 is 0. The van der Waals surface area contributed by atoms with Gasteiger partial charge >= 0.3 is 0 Å². The lowest BCUT2D eigenvalue weighted by molar-refractivity contribution is 0.283. The second-order valence-electron chi connectivity index (χ2n) is 5.65. The molecule has 0 unspecified atom stereocenters. The molecule has 0 aliphatic heterocycles. The Morgan fingerprint density at radius 3 is 2.35 bits per heavy atom. The fourth-order valence-electron chi connectivity index (χ4n) is 2.84. The number of nitrogens with zero attached hydrogens (tertiary/aromatic N) is 2. The molecule has 17 heavy (non-hydrogen) atoms. The Balaban J connectivity index is 1.79. The van der Waals surface area contributed by atoms with Crippen molar-refractivity contribution in [2.24, 2.45) is 5.73 Å². The van der Waals surface area contributed by atoms with E-state index < -0.39 is 0 Å². The first-order valence-corrected chi connectivity index (χ1v) is 6.91. The number of aromatic nitrogens is 2. The summed E-state index contributed by atoms with van der Waals surface area (Å²) in [4.78, 5) is 4.57. The van der Waals surface area contributed by atoms with E-state index in [-0.39, 0.29) is 5.54 Å². The van der Waals surface area contributed by atoms with Crippen molar-refractivity contribution in [3.63, 3.8) is 0 Å². The van der Waals surface area contributed by atoms with Crippen LogP contribution in [0.25, 0.3) is 0 Å². The van der Waals surface area contributed by atoms with E-state index in [2.05, 4.69) is 10.1 Å². The van der Waals surface area contributed by atoms with Crippen LogP contribution in [0.1, 0.15) is 75.4 Å². The Hall–Kier alpha value is -0.900. The molecule has 1 aromatic rings. The molecule has 4 nitrogen and oxygen atoms in total. The van der Waals surface area contributed by atoms with Crippen LogP contribution >= 0.6 is 0 Å². The van der Waals surface area contributed by atoms with Gasteiger partial charge < -0.3 is 10.3 Å². The summed E-state index contributed by atoms with van der Waals surface area (Å²) in [6, 6.07) is 0. The molecular formula is C13H21N3O. The number of hydrogen-bond donors (Lipinski definition) is 1. The minimum absolute atomic E-state index is 0.331. The summed E-state index contributed by atoms with van der Waals surface area (Å²) in [6.45, 7) is 0. The molecule has 0 saturated heterocycles. The first-order chi connectivity index (χ1) is 8.28. The number of hydrogen-bond acceptors (Lipinski definition) is 4. The van der Waals surface area contributed by atoms with Crippen molar-refractivity contribution in [1.29, 1.82) is 0 Å². The highest BCUT2D eigenvalue weighted by Gasteiger charge is 2.35. The van der Waals surface area contributed by atoms with Gasteiger partial charge in [-0.3, -0.25) is 0 Å². The molecule has 0 atom stereocenters. The van der Waals surface area contributed by atoms with Crippen LogP contribution in [0.15, 0.2) is 4.52 Å². The van der Waals surface area contributed by atoms with Crippen LogP contribution < -0.4 is 5.73 Å². The normalized spacial score (nSPS) is 25.2. The van der Waals surface area contributed by atoms with Gasteiger partial charge in [0.1, 0.15) is 0 Å². The Kier molecular flexibility index (Phi) is 2.90. The lowest BCUT2D eigenvalue weighted by Crippen LogP contribution is -2.37. The van der Waals surface area contributed by atoms with Gasteiger partial charge in [-0.05, 0) is 25.7 Å². The highest BCUT2D eigenvalue weighted by molar-refractivity contribution is 5.07. The largest absolute Gasteiger partial charge is 0.339 e. The molecule has 4 heteroatoms. The van der Waals surface area contributed by atoms with Crippen molar-refractivity contribution < 1.29 is 4.52 Å². The summed E-state index contributed by atoms with van der Waals surface area (Å²) in [5, 5.41) is 4.15. The van der Waals surface area contributed by atoms with Gasteiger partial charge in [-0.1, -0.05) is 37.3 Å². The Morgan fingerprint density at radius 2 is 1.76 bits per heavy atom. The second kappa shape index (κ2) is 4.41. The lowest BCUT2D eigenvalue weighted by atomic mass is 9.85. The molecule has 0 spiro atoms. The molecule has 1 heterocycles. The monoisotopic (exact) mass is 235 g/mol. The molecule has 2 aliphatic carbocycles. The van der Waals surface area contributed by atoms with Gasteiger partial charge in [-0.15, -0.1) is 0 Å². The van der Waals surface area contributed by atoms with E-state index >= 15 is 0 Å². The van der Waals surface area contributed by atoms with Crippen LogP contribution in [0.5, 0.6) is 0 Å². The van der Waals surface area contributed by atoms with E-state index in [9.17, 15) is 0 Å². The van der Waals surface area contributed by atoms with Crippen LogP contribution in [-0.4, -0.2) is 10.1 Å². The van der Waals surface area contributed by atoms with Crippen molar-refractivity contribution in [3.8, 4) is 0 Å². The van der Waals surface area contributed by atoms with Gasteiger partial charge in [-0.2, -0.15) is 4.98 Å². The lowest BCUT2D eigenvalue weighted by Gasteiger charge is -2.24. The summed E-state index contributed by atoms with van der Waals surface area (Å²) in [6.07, 6.45) is 10.6. The van der Waals surface area contributed by atoms with E-state index in [1.54, 1.807) is 0 Å². The van der Waals surface area contributed by atoms with Gasteiger partial charge in [0.15, 0.2) is 5.82 Å². The Labute approximate surface area is 102 Å². The second-order valence-corrected chi connectivity index (χ2v) is 5.65. The topological polar surface area (TPSA) is 64.9 Å². The zero-order valence-corrected chi connectivity index (χ0v) is 10.3. The van der Waals surface area contributed by atoms with Crippen molar-refractivity contribution in [2.45, 2.75) is 69.2 Å². The summed E-state index contributed by atoms with van der Waals surface area (Å²) < 4.78 is 5.39. The zero-order valence-electron chi connectivity index (χ0n) is 10.3. The number of nitrogens with two attached hydrogens (primary N) is 1. The van der Waals surface area contributed by atoms with Gasteiger partial charge in [0.25, 0.3) is 0 Å². The molecule has 2 N–H and O–H groups in total. The van der Waals surface area contributed by atoms with Crippen molar-refractivity contribution in [3.05, 3.63) is 11.7 Å². The first kappa shape index (κ1) is 11.2. The molecule has 2 aliphatic rings. The highest BCUT2D eigenvalue weighted by Crippen LogP contribution is 2.37. The minimum Gasteiger partial charge on any atom is -0.339 e. The van der Waals surface area contributed by atoms with Crippen molar-refractivity contribution in [2.75, 3.05) is 0 Å². The van der Waals surface area contributed by atoms with Gasteiger partial charge in [0.2, 0.25) is 5.89 Å². The third-order valence-corrected chi connectivity index (χ3v) is 4.34. The molecule has 1 aromatic heterocycles. The molecule has 3 rings (SSSR count). The van der Waals surface area contributed by atoms with Gasteiger partial charge in [0.05, 0.1) is 5.54 Å². The van der Waals surface area contributed by atoms with E-state index in [0.717, 1.165) is 24.6 Å². The van der Waals surface area contributed by atoms with Crippen LogP contribution in [0.2, 0.25) is 0 Å². The minimum atomic E-state index is -0.331. The maximum Gasteiger partial charge on any atom is 0.229 e. The average molecular weight is 235 g/mol. The van der Waals surface area contributed by atoms with Crippen molar-refractivity contribution >= 4 is 0 Å². The maximum absolute atomic E-state index is 6.47. The van der Waals surface area contributed by atoms with E-state index in [4.69, 9.17) is 10.3 Å². The van der Waals surface area contributed by atoms with Gasteiger partial charge in [0, 0.05) is 5.92 Å². The number of rotatable bonds is 2. The average Bonchev–Trinajstić information content (AvgIpc) is 2.60. The summed E-state index contributed by atoms with van der Waals surface area (Å²) in [7, 11) is 0. The molecular weight excluding hydrogens is 214 g/mol. The standard InChI is InChI=1S/C13H21N3O/c14-13(8-3-1-2-4-9-13)12-15-11(17-16-12)10-6-5-7-10/h10H,1-9,14H2. The fraction of sp³-hybridized carbons (Fsp3) is 0.846. The van der Waals surface area contributed by atoms with Crippen molar-refractivity contribution in [1.82, 2.24) is 10.1 Å². The zero-order chi connectivity index (χ0) is 11.7. The Bertz CT molecular complexity index is 376. The highest BCUT2D eigenvalue weighted by atomic mass is 16.5. The summed E-state index contributed by atoms with van der Waals surface area (Å²) in [5.41, 5.74) is 6.14. The van der Waals surface area contributed by atoms with E-state index in [0.29, 0.717) is 5.92 Å². The smallest absolute Gasteiger partial charge is 0.229 e. The third-order valence-electron chi connectivity index (χ3n) is 4.34. The van der Waals surface area contributed by atoms with Crippen LogP contribution in [0.4, 0.5) is 0 Å². The molecule has 2 fully saturated rings. The van der Waals surface area contributed by atoms with Crippen LogP contribution in [0.3, 0.4) is 0 Å². The predicted octanol–water partition coefficient (Wildman–Crippen LogP) is 2.85. The first-order valence-electron chi connectivity index (χ1n) is 6.91. The maximum atomic E-state index is 6.47. The Morgan fingerprint density at radius 1 is 1.06 bits per heavy atom. The van der Waals surface area contributed by atoms with E-state index in [1.165, 1.54) is 44.9 Å². The fourth-order valence-corrected chi connectivity index (χ4v) is 2.84. The summed E-state index contributed by atoms with van der Waals surface area (Å²) in [5.74, 6) is 2.08. The van der Waals surface area contributed by atoms with Gasteiger partial charge in [-0.25, -0.2) is 0 Å². The van der Waals surface area contributed by atoms with Crippen LogP contribution in [-0.2, 0) is 5.54 Å². The van der Waals surface area contributed by atoms with Crippen LogP contribution in [0, 0.1) is 0 Å². The molecule has 0 radical (unpaired) electrons. The quantitative estimate of drug-likeness (QED) is 0.800. The van der Waals surface area contributed by atoms with E-state index in [1.807, 2.05) is 0 Å². The molecule has 94 valence electrons.